The molecular weight excluding hydrogens is 434 g/mol. The predicted octanol–water partition coefficient (Wildman–Crippen LogP) is 3.39. The Balaban J connectivity index is 1.42. The van der Waals surface area contributed by atoms with E-state index in [1.54, 1.807) is 41.3 Å². The molecule has 3 heterocycles. The van der Waals surface area contributed by atoms with Crippen LogP contribution in [0.2, 0.25) is 5.02 Å². The fourth-order valence-electron chi connectivity index (χ4n) is 4.02. The van der Waals surface area contributed by atoms with Crippen LogP contribution in [0.15, 0.2) is 45.6 Å². The topological polar surface area (TPSA) is 113 Å². The molecule has 2 aromatic heterocycles. The van der Waals surface area contributed by atoms with Gasteiger partial charge in [-0.1, -0.05) is 11.6 Å². The Bertz CT molecular complexity index is 1400. The zero-order valence-corrected chi connectivity index (χ0v) is 17.8. The third-order valence-corrected chi connectivity index (χ3v) is 5.90. The maximum atomic E-state index is 12.8. The van der Waals surface area contributed by atoms with E-state index in [9.17, 15) is 14.4 Å². The number of likely N-dealkylation sites (tertiary alicyclic amines) is 1. The molecule has 5 rings (SSSR count). The zero-order valence-electron chi connectivity index (χ0n) is 17.1. The summed E-state index contributed by atoms with van der Waals surface area (Å²) in [5.41, 5.74) is 2.12. The van der Waals surface area contributed by atoms with Crippen molar-refractivity contribution in [1.82, 2.24) is 19.7 Å². The highest BCUT2D eigenvalue weighted by atomic mass is 35.5. The van der Waals surface area contributed by atoms with E-state index in [-0.39, 0.29) is 18.1 Å². The Morgan fingerprint density at radius 1 is 1.12 bits per heavy atom. The van der Waals surface area contributed by atoms with E-state index in [1.165, 1.54) is 4.57 Å². The van der Waals surface area contributed by atoms with Crippen molar-refractivity contribution in [3.63, 3.8) is 0 Å². The first-order chi connectivity index (χ1) is 15.5. The van der Waals surface area contributed by atoms with Gasteiger partial charge in [-0.05, 0) is 55.7 Å². The third-order valence-electron chi connectivity index (χ3n) is 5.67. The molecule has 0 radical (unpaired) electrons. The molecule has 2 N–H and O–H groups in total. The second kappa shape index (κ2) is 8.16. The van der Waals surface area contributed by atoms with Crippen LogP contribution in [0.25, 0.3) is 22.0 Å². The summed E-state index contributed by atoms with van der Waals surface area (Å²) >= 11 is 6.05. The molecule has 0 atom stereocenters. The molecule has 0 saturated carbocycles. The first kappa shape index (κ1) is 20.3. The Hall–Kier alpha value is -3.59. The molecule has 0 aliphatic carbocycles. The molecule has 1 saturated heterocycles. The highest BCUT2D eigenvalue weighted by molar-refractivity contribution is 6.31. The maximum absolute atomic E-state index is 12.8. The molecule has 1 aliphatic heterocycles. The number of H-pyrrole nitrogens is 1. The van der Waals surface area contributed by atoms with Crippen molar-refractivity contribution in [2.24, 2.45) is 0 Å². The first-order valence-corrected chi connectivity index (χ1v) is 10.7. The quantitative estimate of drug-likeness (QED) is 0.491. The fraction of sp³-hybridized carbons (Fsp3) is 0.273. The number of hydrogen-bond acceptors (Lipinski definition) is 5. The lowest BCUT2D eigenvalue weighted by atomic mass is 10.1. The van der Waals surface area contributed by atoms with Crippen LogP contribution in [-0.4, -0.2) is 44.6 Å². The van der Waals surface area contributed by atoms with E-state index < -0.39 is 11.7 Å². The Morgan fingerprint density at radius 2 is 1.94 bits per heavy atom. The lowest BCUT2D eigenvalue weighted by Gasteiger charge is -2.26. The van der Waals surface area contributed by atoms with E-state index in [1.807, 2.05) is 0 Å². The Kier molecular flexibility index (Phi) is 5.18. The highest BCUT2D eigenvalue weighted by Crippen LogP contribution is 2.23. The minimum absolute atomic E-state index is 0.105. The predicted molar refractivity (Wildman–Crippen MR) is 120 cm³/mol. The van der Waals surface area contributed by atoms with E-state index in [4.69, 9.17) is 16.0 Å². The van der Waals surface area contributed by atoms with Gasteiger partial charge >= 0.3 is 5.76 Å². The van der Waals surface area contributed by atoms with Gasteiger partial charge in [0.1, 0.15) is 6.54 Å². The van der Waals surface area contributed by atoms with Crippen molar-refractivity contribution < 1.29 is 14.0 Å². The van der Waals surface area contributed by atoms with Gasteiger partial charge in [-0.15, -0.1) is 0 Å². The summed E-state index contributed by atoms with van der Waals surface area (Å²) in [6.07, 6.45) is 3.05. The number of aromatic amines is 1. The number of nitrogens with one attached hydrogen (secondary N) is 2. The van der Waals surface area contributed by atoms with Gasteiger partial charge in [-0.3, -0.25) is 19.3 Å². The summed E-state index contributed by atoms with van der Waals surface area (Å²) in [6, 6.07) is 9.95. The maximum Gasteiger partial charge on any atom is 0.420 e. The monoisotopic (exact) mass is 453 g/mol. The first-order valence-electron chi connectivity index (χ1n) is 10.4. The van der Waals surface area contributed by atoms with E-state index in [2.05, 4.69) is 15.5 Å². The number of fused-ring (bicyclic) bond motifs is 2. The van der Waals surface area contributed by atoms with Crippen LogP contribution in [0.1, 0.15) is 29.8 Å². The minimum Gasteiger partial charge on any atom is -0.408 e. The smallest absolute Gasteiger partial charge is 0.408 e. The van der Waals surface area contributed by atoms with Gasteiger partial charge in [0, 0.05) is 29.2 Å². The summed E-state index contributed by atoms with van der Waals surface area (Å²) in [5, 5.41) is 10.8. The molecule has 10 heteroatoms. The van der Waals surface area contributed by atoms with Crippen molar-refractivity contribution in [2.45, 2.75) is 25.8 Å². The zero-order chi connectivity index (χ0) is 22.2. The molecule has 164 valence electrons. The largest absolute Gasteiger partial charge is 0.420 e. The molecule has 0 unspecified atom stereocenters. The van der Waals surface area contributed by atoms with Gasteiger partial charge in [-0.2, -0.15) is 5.10 Å². The highest BCUT2D eigenvalue weighted by Gasteiger charge is 2.21. The van der Waals surface area contributed by atoms with Gasteiger partial charge in [0.2, 0.25) is 5.91 Å². The number of carbonyl (C=O) groups excluding carboxylic acids is 2. The molecule has 2 amide bonds. The SMILES string of the molecule is O=C(Nc1ccc2oc(=O)n(CC(=O)N3CCCCC3)c2c1)c1n[nH]c2ccc(Cl)cc12. The molecule has 1 aliphatic rings. The molecule has 0 spiro atoms. The molecule has 32 heavy (non-hydrogen) atoms. The van der Waals surface area contributed by atoms with E-state index >= 15 is 0 Å². The summed E-state index contributed by atoms with van der Waals surface area (Å²) in [6.45, 7) is 1.30. The number of nitrogens with zero attached hydrogens (tertiary/aromatic N) is 3. The number of benzene rings is 2. The molecule has 9 nitrogen and oxygen atoms in total. The molecular formula is C22H20ClN5O4. The number of carbonyl (C=O) groups is 2. The second-order valence-electron chi connectivity index (χ2n) is 7.79. The van der Waals surface area contributed by atoms with Crippen molar-refractivity contribution in [3.05, 3.63) is 57.7 Å². The second-order valence-corrected chi connectivity index (χ2v) is 8.23. The number of anilines is 1. The number of hydrogen-bond donors (Lipinski definition) is 2. The van der Waals surface area contributed by atoms with Crippen molar-refractivity contribution >= 4 is 51.1 Å². The van der Waals surface area contributed by atoms with Crippen LogP contribution in [0.4, 0.5) is 5.69 Å². The summed E-state index contributed by atoms with van der Waals surface area (Å²) in [7, 11) is 0. The van der Waals surface area contributed by atoms with Gasteiger partial charge < -0.3 is 14.6 Å². The number of piperidine rings is 1. The van der Waals surface area contributed by atoms with Crippen LogP contribution >= 0.6 is 11.6 Å². The Labute approximate surface area is 186 Å². The average Bonchev–Trinajstić information content (AvgIpc) is 3.35. The number of oxazole rings is 1. The van der Waals surface area contributed by atoms with Crippen LogP contribution in [0, 0.1) is 0 Å². The lowest BCUT2D eigenvalue weighted by molar-refractivity contribution is -0.132. The Morgan fingerprint density at radius 3 is 2.75 bits per heavy atom. The fourth-order valence-corrected chi connectivity index (χ4v) is 4.19. The molecule has 4 aromatic rings. The van der Waals surface area contributed by atoms with Crippen molar-refractivity contribution in [3.8, 4) is 0 Å². The average molecular weight is 454 g/mol. The van der Waals surface area contributed by atoms with E-state index in [0.717, 1.165) is 19.3 Å². The number of amides is 2. The lowest BCUT2D eigenvalue weighted by Crippen LogP contribution is -2.39. The summed E-state index contributed by atoms with van der Waals surface area (Å²) in [5.74, 6) is -1.16. The van der Waals surface area contributed by atoms with Crippen LogP contribution in [0.3, 0.4) is 0 Å². The standard InChI is InChI=1S/C22H20ClN5O4/c23-13-4-6-16-15(10-13)20(26-25-16)21(30)24-14-5-7-18-17(11-14)28(22(31)32-18)12-19(29)27-8-2-1-3-9-27/h4-7,10-11H,1-3,8-9,12H2,(H,24,30)(H,25,26). The van der Waals surface area contributed by atoms with Crippen molar-refractivity contribution in [1.29, 1.82) is 0 Å². The molecule has 2 aromatic carbocycles. The third kappa shape index (κ3) is 3.75. The van der Waals surface area contributed by atoms with Crippen LogP contribution < -0.4 is 11.1 Å². The normalized spacial score (nSPS) is 14.2. The minimum atomic E-state index is -0.609. The summed E-state index contributed by atoms with van der Waals surface area (Å²) in [4.78, 5) is 39.6. The number of rotatable bonds is 4. The van der Waals surface area contributed by atoms with E-state index in [0.29, 0.717) is 45.8 Å². The number of aromatic nitrogens is 3. The molecule has 1 fully saturated rings. The van der Waals surface area contributed by atoms with Gasteiger partial charge in [-0.25, -0.2) is 4.79 Å². The van der Waals surface area contributed by atoms with Gasteiger partial charge in [0.15, 0.2) is 11.3 Å². The summed E-state index contributed by atoms with van der Waals surface area (Å²) < 4.78 is 6.58. The van der Waals surface area contributed by atoms with Gasteiger partial charge in [0.25, 0.3) is 5.91 Å². The van der Waals surface area contributed by atoms with Crippen LogP contribution in [0.5, 0.6) is 0 Å². The van der Waals surface area contributed by atoms with Crippen LogP contribution in [-0.2, 0) is 11.3 Å². The van der Waals surface area contributed by atoms with Crippen molar-refractivity contribution in [2.75, 3.05) is 18.4 Å². The van der Waals surface area contributed by atoms with Gasteiger partial charge in [0.05, 0.1) is 11.0 Å². The molecule has 0 bridgehead atoms. The number of halogens is 1.